The summed E-state index contributed by atoms with van der Waals surface area (Å²) in [5, 5.41) is 5.61. The lowest BCUT2D eigenvalue weighted by atomic mass is 9.73. The number of halogens is 4. The van der Waals surface area contributed by atoms with Crippen LogP contribution in [0.15, 0.2) is 34.9 Å². The number of fused-ring (bicyclic) bond motifs is 3. The second-order valence-electron chi connectivity index (χ2n) is 10.2. The van der Waals surface area contributed by atoms with Crippen molar-refractivity contribution in [2.24, 2.45) is 0 Å². The molecule has 1 unspecified atom stereocenters. The van der Waals surface area contributed by atoms with Crippen LogP contribution in [-0.4, -0.2) is 46.9 Å². The average Bonchev–Trinajstić information content (AvgIpc) is 3.26. The number of ether oxygens (including phenoxy) is 2. The van der Waals surface area contributed by atoms with Crippen molar-refractivity contribution < 1.29 is 22.6 Å². The highest BCUT2D eigenvalue weighted by atomic mass is 79.9. The van der Waals surface area contributed by atoms with E-state index in [2.05, 4.69) is 21.0 Å². The molecule has 0 amide bonds. The first-order valence-corrected chi connectivity index (χ1v) is 13.1. The number of benzene rings is 2. The zero-order chi connectivity index (χ0) is 25.8. The minimum Gasteiger partial charge on any atom is -0.496 e. The topological polar surface area (TPSA) is 39.5 Å². The fourth-order valence-electron chi connectivity index (χ4n) is 6.08. The molecule has 9 heteroatoms. The van der Waals surface area contributed by atoms with Gasteiger partial charge in [-0.05, 0) is 68.9 Å². The summed E-state index contributed by atoms with van der Waals surface area (Å²) in [6.07, 6.45) is 5.26. The molecule has 3 heterocycles. The maximum absolute atomic E-state index is 15.8. The van der Waals surface area contributed by atoms with Crippen LogP contribution in [0.1, 0.15) is 63.0 Å². The van der Waals surface area contributed by atoms with E-state index in [0.717, 1.165) is 48.2 Å². The summed E-state index contributed by atoms with van der Waals surface area (Å²) in [4.78, 5) is 1.71. The van der Waals surface area contributed by atoms with Crippen LogP contribution < -0.4 is 4.74 Å². The van der Waals surface area contributed by atoms with Crippen LogP contribution in [0.25, 0.3) is 10.9 Å². The van der Waals surface area contributed by atoms with Crippen LogP contribution in [-0.2, 0) is 16.7 Å². The Labute approximate surface area is 217 Å². The fraction of sp³-hybridized carbons (Fsp3) is 0.519. The van der Waals surface area contributed by atoms with Crippen molar-refractivity contribution in [1.29, 1.82) is 0 Å². The third-order valence-electron chi connectivity index (χ3n) is 7.62. The van der Waals surface area contributed by atoms with Gasteiger partial charge in [0.1, 0.15) is 11.6 Å². The summed E-state index contributed by atoms with van der Waals surface area (Å²) < 4.78 is 58.8. The van der Waals surface area contributed by atoms with Gasteiger partial charge in [0, 0.05) is 29.4 Å². The maximum Gasteiger partial charge on any atom is 0.257 e. The number of methoxy groups -OCH3 is 1. The quantitative estimate of drug-likeness (QED) is 0.340. The van der Waals surface area contributed by atoms with E-state index in [1.54, 1.807) is 11.0 Å². The Bertz CT molecular complexity index is 1290. The van der Waals surface area contributed by atoms with Gasteiger partial charge in [-0.2, -0.15) is 5.10 Å². The smallest absolute Gasteiger partial charge is 0.257 e. The molecule has 2 aliphatic rings. The lowest BCUT2D eigenvalue weighted by molar-refractivity contribution is -0.0581. The first kappa shape index (κ1) is 25.5. The van der Waals surface area contributed by atoms with Crippen LogP contribution in [0.4, 0.5) is 13.2 Å². The number of alkyl halides is 2. The zero-order valence-electron chi connectivity index (χ0n) is 21.0. The molecule has 1 fully saturated rings. The first-order valence-electron chi connectivity index (χ1n) is 12.3. The van der Waals surface area contributed by atoms with Crippen LogP contribution in [0, 0.1) is 5.82 Å². The number of rotatable bonds is 5. The van der Waals surface area contributed by atoms with Crippen molar-refractivity contribution in [2.45, 2.75) is 70.2 Å². The molecule has 1 saturated heterocycles. The van der Waals surface area contributed by atoms with E-state index in [1.165, 1.54) is 13.2 Å². The van der Waals surface area contributed by atoms with E-state index in [4.69, 9.17) is 9.47 Å². The van der Waals surface area contributed by atoms with Crippen LogP contribution in [0.3, 0.4) is 0 Å². The molecule has 0 bridgehead atoms. The van der Waals surface area contributed by atoms with Crippen LogP contribution in [0.2, 0.25) is 0 Å². The second kappa shape index (κ2) is 9.33. The summed E-state index contributed by atoms with van der Waals surface area (Å²) in [7, 11) is 1.47. The molecule has 2 aliphatic heterocycles. The van der Waals surface area contributed by atoms with Gasteiger partial charge in [0.25, 0.3) is 5.92 Å². The normalized spacial score (nSPS) is 25.2. The van der Waals surface area contributed by atoms with E-state index in [-0.39, 0.29) is 17.8 Å². The second-order valence-corrected chi connectivity index (χ2v) is 11.1. The lowest BCUT2D eigenvalue weighted by Gasteiger charge is -2.51. The van der Waals surface area contributed by atoms with Gasteiger partial charge in [0.05, 0.1) is 36.5 Å². The molecule has 36 heavy (non-hydrogen) atoms. The number of aromatic nitrogens is 2. The Morgan fingerprint density at radius 1 is 1.28 bits per heavy atom. The Hall–Kier alpha value is -2.10. The van der Waals surface area contributed by atoms with E-state index in [0.29, 0.717) is 23.2 Å². The van der Waals surface area contributed by atoms with Crippen molar-refractivity contribution >= 4 is 26.8 Å². The minimum atomic E-state index is -2.97. The monoisotopic (exact) mass is 565 g/mol. The number of hydrogen-bond acceptors (Lipinski definition) is 4. The summed E-state index contributed by atoms with van der Waals surface area (Å²) in [6, 6.07) is 6.65. The van der Waals surface area contributed by atoms with E-state index < -0.39 is 23.8 Å². The number of nitrogens with zero attached hydrogens (tertiary/aromatic N) is 3. The van der Waals surface area contributed by atoms with Crippen molar-refractivity contribution in [3.63, 3.8) is 0 Å². The average molecular weight is 566 g/mol. The molecule has 0 N–H and O–H groups in total. The summed E-state index contributed by atoms with van der Waals surface area (Å²) in [6.45, 7) is 4.83. The largest absolute Gasteiger partial charge is 0.496 e. The van der Waals surface area contributed by atoms with Gasteiger partial charge in [-0.25, -0.2) is 17.9 Å². The summed E-state index contributed by atoms with van der Waals surface area (Å²) in [5.74, 6) is -3.18. The first-order chi connectivity index (χ1) is 17.0. The molecule has 5 nitrogen and oxygen atoms in total. The zero-order valence-corrected chi connectivity index (χ0v) is 22.5. The van der Waals surface area contributed by atoms with Gasteiger partial charge in [-0.15, -0.1) is 0 Å². The van der Waals surface area contributed by atoms with Crippen molar-refractivity contribution in [3.05, 3.63) is 57.4 Å². The Balaban J connectivity index is 1.75. The lowest BCUT2D eigenvalue weighted by Crippen LogP contribution is -2.57. The molecular weight excluding hydrogens is 535 g/mol. The van der Waals surface area contributed by atoms with Gasteiger partial charge in [-0.3, -0.25) is 4.90 Å². The Morgan fingerprint density at radius 2 is 2.06 bits per heavy atom. The standard InChI is InChI=1S/C27H31BrF3N3O2/c1-16-11-18-19-14-32-34(24-7-5-6-10-36-24)22(19)9-8-20(18)27(3,33(16)15-26(2,30)31)25-21(29)12-17(28)13-23(25)35-4/h8-9,12-14,16,24H,5-7,10-11,15H2,1-4H3/t16-,24?,27+/m1/s1. The van der Waals surface area contributed by atoms with Crippen molar-refractivity contribution in [2.75, 3.05) is 20.3 Å². The van der Waals surface area contributed by atoms with Gasteiger partial charge in [0.15, 0.2) is 6.23 Å². The summed E-state index contributed by atoms with van der Waals surface area (Å²) in [5.41, 5.74) is 1.74. The molecule has 0 radical (unpaired) electrons. The van der Waals surface area contributed by atoms with E-state index >= 15 is 4.39 Å². The predicted octanol–water partition coefficient (Wildman–Crippen LogP) is 6.81. The fourth-order valence-corrected chi connectivity index (χ4v) is 6.49. The Morgan fingerprint density at radius 3 is 2.72 bits per heavy atom. The highest BCUT2D eigenvalue weighted by molar-refractivity contribution is 9.10. The third kappa shape index (κ3) is 4.23. The summed E-state index contributed by atoms with van der Waals surface area (Å²) >= 11 is 3.33. The minimum absolute atomic E-state index is 0.124. The molecule has 0 saturated carbocycles. The molecule has 3 aromatic rings. The van der Waals surface area contributed by atoms with Gasteiger partial charge in [-0.1, -0.05) is 22.0 Å². The third-order valence-corrected chi connectivity index (χ3v) is 8.08. The highest BCUT2D eigenvalue weighted by Crippen LogP contribution is 2.50. The van der Waals surface area contributed by atoms with Crippen LogP contribution >= 0.6 is 15.9 Å². The molecule has 194 valence electrons. The Kier molecular flexibility index (Phi) is 6.62. The maximum atomic E-state index is 15.8. The molecule has 3 atom stereocenters. The van der Waals surface area contributed by atoms with Crippen LogP contribution in [0.5, 0.6) is 5.75 Å². The van der Waals surface area contributed by atoms with Gasteiger partial charge in [0.2, 0.25) is 0 Å². The molecule has 5 rings (SSSR count). The van der Waals surface area contributed by atoms with Crippen molar-refractivity contribution in [1.82, 2.24) is 14.7 Å². The molecular formula is C27H31BrF3N3O2. The number of hydrogen-bond donors (Lipinski definition) is 0. The van der Waals surface area contributed by atoms with Crippen molar-refractivity contribution in [3.8, 4) is 5.75 Å². The highest BCUT2D eigenvalue weighted by Gasteiger charge is 2.49. The van der Waals surface area contributed by atoms with E-state index in [1.807, 2.05) is 36.9 Å². The molecule has 1 aromatic heterocycles. The predicted molar refractivity (Wildman–Crippen MR) is 136 cm³/mol. The SMILES string of the molecule is COc1cc(Br)cc(F)c1[C@]1(C)c2ccc3c(cnn3C3CCCCO3)c2C[C@@H](C)N1CC(C)(F)F. The molecule has 0 spiro atoms. The van der Waals surface area contributed by atoms with E-state index in [9.17, 15) is 8.78 Å². The molecule has 0 aliphatic carbocycles. The molecule has 2 aromatic carbocycles. The van der Waals surface area contributed by atoms with Gasteiger partial charge < -0.3 is 9.47 Å². The van der Waals surface area contributed by atoms with Gasteiger partial charge >= 0.3 is 0 Å².